The second-order valence-electron chi connectivity index (χ2n) is 4.57. The summed E-state index contributed by atoms with van der Waals surface area (Å²) in [6.45, 7) is 6.44. The summed E-state index contributed by atoms with van der Waals surface area (Å²) in [5.41, 5.74) is 1.01. The van der Waals surface area contributed by atoms with E-state index < -0.39 is 6.04 Å². The van der Waals surface area contributed by atoms with E-state index in [4.69, 9.17) is 0 Å². The molecule has 0 aliphatic rings. The van der Waals surface area contributed by atoms with E-state index in [9.17, 15) is 9.59 Å². The maximum atomic E-state index is 12.1. The molecular formula is C15H21BrN2O2. The van der Waals surface area contributed by atoms with E-state index in [1.165, 1.54) is 0 Å². The molecule has 0 spiro atoms. The van der Waals surface area contributed by atoms with Gasteiger partial charge >= 0.3 is 0 Å². The molecule has 0 bridgehead atoms. The molecule has 0 fully saturated rings. The van der Waals surface area contributed by atoms with Gasteiger partial charge in [-0.15, -0.1) is 0 Å². The number of amides is 2. The zero-order chi connectivity index (χ0) is 15.1. The molecule has 110 valence electrons. The van der Waals surface area contributed by atoms with Crippen LogP contribution in [0.4, 0.5) is 0 Å². The third-order valence-electron chi connectivity index (χ3n) is 3.09. The van der Waals surface area contributed by atoms with Crippen molar-refractivity contribution in [1.82, 2.24) is 10.2 Å². The smallest absolute Gasteiger partial charge is 0.242 e. The number of nitrogens with zero attached hydrogens (tertiary/aromatic N) is 1. The highest BCUT2D eigenvalue weighted by atomic mass is 79.9. The Balaban J connectivity index is 2.86. The molecule has 0 saturated carbocycles. The summed E-state index contributed by atoms with van der Waals surface area (Å²) in [7, 11) is 0. The molecule has 1 unspecified atom stereocenters. The van der Waals surface area contributed by atoms with Gasteiger partial charge in [0.25, 0.3) is 0 Å². The molecule has 1 N–H and O–H groups in total. The number of carbonyl (C=O) groups excluding carboxylic acids is 2. The molecule has 0 radical (unpaired) electrons. The van der Waals surface area contributed by atoms with Gasteiger partial charge < -0.3 is 10.2 Å². The van der Waals surface area contributed by atoms with Crippen LogP contribution < -0.4 is 5.32 Å². The van der Waals surface area contributed by atoms with Crippen molar-refractivity contribution in [1.29, 1.82) is 0 Å². The number of hydrogen-bond donors (Lipinski definition) is 1. The van der Waals surface area contributed by atoms with E-state index in [1.807, 2.05) is 31.2 Å². The van der Waals surface area contributed by atoms with Crippen LogP contribution in [0.25, 0.3) is 0 Å². The molecular weight excluding hydrogens is 320 g/mol. The van der Waals surface area contributed by atoms with Gasteiger partial charge in [-0.2, -0.15) is 0 Å². The van der Waals surface area contributed by atoms with Gasteiger partial charge in [-0.25, -0.2) is 0 Å². The van der Waals surface area contributed by atoms with Crippen molar-refractivity contribution in [2.24, 2.45) is 0 Å². The molecule has 1 aromatic rings. The second-order valence-corrected chi connectivity index (χ2v) is 5.49. The molecule has 20 heavy (non-hydrogen) atoms. The van der Waals surface area contributed by atoms with E-state index in [0.29, 0.717) is 19.5 Å². The Hall–Kier alpha value is -1.36. The minimum absolute atomic E-state index is 0.0216. The normalized spacial score (nSPS) is 11.8. The Labute approximate surface area is 128 Å². The van der Waals surface area contributed by atoms with Crippen LogP contribution >= 0.6 is 15.9 Å². The van der Waals surface area contributed by atoms with Crippen molar-refractivity contribution in [2.75, 3.05) is 6.54 Å². The fourth-order valence-corrected chi connectivity index (χ4v) is 2.16. The average Bonchev–Trinajstić information content (AvgIpc) is 2.45. The lowest BCUT2D eigenvalue weighted by molar-refractivity contribution is -0.140. The molecule has 1 rings (SSSR count). The van der Waals surface area contributed by atoms with E-state index in [-0.39, 0.29) is 11.8 Å². The molecule has 0 aliphatic carbocycles. The lowest BCUT2D eigenvalue weighted by atomic mass is 10.1. The summed E-state index contributed by atoms with van der Waals surface area (Å²) in [5.74, 6) is -0.141. The van der Waals surface area contributed by atoms with Crippen LogP contribution in [0, 0.1) is 0 Å². The number of benzene rings is 1. The van der Waals surface area contributed by atoms with Gasteiger partial charge in [-0.1, -0.05) is 35.0 Å². The predicted octanol–water partition coefficient (Wildman–Crippen LogP) is 2.71. The average molecular weight is 341 g/mol. The fourth-order valence-electron chi connectivity index (χ4n) is 1.89. The summed E-state index contributed by atoms with van der Waals surface area (Å²) in [4.78, 5) is 25.6. The van der Waals surface area contributed by atoms with Crippen molar-refractivity contribution in [2.45, 2.75) is 39.8 Å². The highest BCUT2D eigenvalue weighted by Gasteiger charge is 2.24. The second kappa shape index (κ2) is 8.04. The van der Waals surface area contributed by atoms with E-state index >= 15 is 0 Å². The number of likely N-dealkylation sites (N-methyl/N-ethyl adjacent to an activating group) is 1. The third-order valence-corrected chi connectivity index (χ3v) is 3.62. The summed E-state index contributed by atoms with van der Waals surface area (Å²) >= 11 is 3.38. The SMILES string of the molecule is CCNC(=O)C(C)N(Cc1ccc(Br)cc1)C(=O)CC. The molecule has 5 heteroatoms. The molecule has 1 atom stereocenters. The van der Waals surface area contributed by atoms with Gasteiger partial charge in [0.2, 0.25) is 11.8 Å². The zero-order valence-corrected chi connectivity index (χ0v) is 13.7. The topological polar surface area (TPSA) is 49.4 Å². The van der Waals surface area contributed by atoms with Crippen LogP contribution in [0.2, 0.25) is 0 Å². The minimum Gasteiger partial charge on any atom is -0.355 e. The van der Waals surface area contributed by atoms with E-state index in [1.54, 1.807) is 18.7 Å². The van der Waals surface area contributed by atoms with Crippen molar-refractivity contribution in [3.63, 3.8) is 0 Å². The van der Waals surface area contributed by atoms with Crippen LogP contribution in [-0.2, 0) is 16.1 Å². The van der Waals surface area contributed by atoms with Crippen LogP contribution in [0.3, 0.4) is 0 Å². The van der Waals surface area contributed by atoms with Crippen LogP contribution in [0.15, 0.2) is 28.7 Å². The Morgan fingerprint density at radius 1 is 1.25 bits per heavy atom. The third kappa shape index (κ3) is 4.63. The maximum absolute atomic E-state index is 12.1. The molecule has 4 nitrogen and oxygen atoms in total. The van der Waals surface area contributed by atoms with Crippen LogP contribution in [0.5, 0.6) is 0 Å². The fraction of sp³-hybridized carbons (Fsp3) is 0.467. The van der Waals surface area contributed by atoms with Crippen molar-refractivity contribution in [3.8, 4) is 0 Å². The molecule has 0 saturated heterocycles. The Morgan fingerprint density at radius 2 is 1.85 bits per heavy atom. The highest BCUT2D eigenvalue weighted by molar-refractivity contribution is 9.10. The molecule has 1 aromatic carbocycles. The quantitative estimate of drug-likeness (QED) is 0.865. The van der Waals surface area contributed by atoms with Gasteiger partial charge in [-0.05, 0) is 31.5 Å². The van der Waals surface area contributed by atoms with Crippen LogP contribution in [-0.4, -0.2) is 29.3 Å². The van der Waals surface area contributed by atoms with Crippen molar-refractivity contribution < 1.29 is 9.59 Å². The Kier molecular flexibility index (Phi) is 6.71. The summed E-state index contributed by atoms with van der Waals surface area (Å²) in [5, 5.41) is 2.76. The van der Waals surface area contributed by atoms with Crippen molar-refractivity contribution in [3.05, 3.63) is 34.3 Å². The number of rotatable bonds is 6. The first-order valence-corrected chi connectivity index (χ1v) is 7.60. The van der Waals surface area contributed by atoms with Gasteiger partial charge in [0.1, 0.15) is 6.04 Å². The molecule has 0 aromatic heterocycles. The zero-order valence-electron chi connectivity index (χ0n) is 12.1. The molecule has 0 aliphatic heterocycles. The molecule has 2 amide bonds. The lowest BCUT2D eigenvalue weighted by Crippen LogP contribution is -2.47. The number of nitrogens with one attached hydrogen (secondary N) is 1. The van der Waals surface area contributed by atoms with Gasteiger partial charge in [0.15, 0.2) is 0 Å². The van der Waals surface area contributed by atoms with Gasteiger partial charge in [0.05, 0.1) is 0 Å². The van der Waals surface area contributed by atoms with E-state index in [0.717, 1.165) is 10.0 Å². The first-order valence-electron chi connectivity index (χ1n) is 6.81. The monoisotopic (exact) mass is 340 g/mol. The first kappa shape index (κ1) is 16.7. The minimum atomic E-state index is -0.467. The maximum Gasteiger partial charge on any atom is 0.242 e. The first-order chi connectivity index (χ1) is 9.49. The Morgan fingerprint density at radius 3 is 2.35 bits per heavy atom. The number of hydrogen-bond acceptors (Lipinski definition) is 2. The van der Waals surface area contributed by atoms with Crippen molar-refractivity contribution >= 4 is 27.7 Å². The standard InChI is InChI=1S/C15H21BrN2O2/c1-4-14(19)18(11(3)15(20)17-5-2)10-12-6-8-13(16)9-7-12/h6-9,11H,4-5,10H2,1-3H3,(H,17,20). The van der Waals surface area contributed by atoms with Gasteiger partial charge in [-0.3, -0.25) is 9.59 Å². The summed E-state index contributed by atoms with van der Waals surface area (Å²) in [6, 6.07) is 7.29. The van der Waals surface area contributed by atoms with E-state index in [2.05, 4.69) is 21.2 Å². The largest absolute Gasteiger partial charge is 0.355 e. The molecule has 0 heterocycles. The summed E-state index contributed by atoms with van der Waals surface area (Å²) < 4.78 is 0.992. The summed E-state index contributed by atoms with van der Waals surface area (Å²) in [6.07, 6.45) is 0.389. The van der Waals surface area contributed by atoms with Gasteiger partial charge in [0, 0.05) is 24.0 Å². The van der Waals surface area contributed by atoms with Crippen LogP contribution in [0.1, 0.15) is 32.8 Å². The number of carbonyl (C=O) groups is 2. The number of halogens is 1. The lowest BCUT2D eigenvalue weighted by Gasteiger charge is -2.28. The predicted molar refractivity (Wildman–Crippen MR) is 83.1 cm³/mol. The Bertz CT molecular complexity index is 459. The highest BCUT2D eigenvalue weighted by Crippen LogP contribution is 2.14.